The number of benzene rings is 1. The van der Waals surface area contributed by atoms with E-state index in [1.165, 1.54) is 4.57 Å². The van der Waals surface area contributed by atoms with Crippen molar-refractivity contribution in [2.24, 2.45) is 5.92 Å². The zero-order chi connectivity index (χ0) is 19.4. The number of pyridine rings is 1. The highest BCUT2D eigenvalue weighted by atomic mass is 16.2. The van der Waals surface area contributed by atoms with Gasteiger partial charge in [0.15, 0.2) is 0 Å². The molecular formula is C20H24N4O3. The fourth-order valence-electron chi connectivity index (χ4n) is 2.75. The first kappa shape index (κ1) is 18.7. The Balaban J connectivity index is 1.67. The van der Waals surface area contributed by atoms with Crippen LogP contribution >= 0.6 is 0 Å². The third-order valence-electron chi connectivity index (χ3n) is 4.50. The van der Waals surface area contributed by atoms with Gasteiger partial charge in [0.25, 0.3) is 5.56 Å². The molecule has 142 valence electrons. The van der Waals surface area contributed by atoms with Crippen LogP contribution < -0.4 is 21.5 Å². The SMILES string of the molecule is Cc1cccc(NC(=O)Nc2ccc(C)n(CC(=O)NCC3CC3)c2=O)c1. The second-order valence-corrected chi connectivity index (χ2v) is 6.98. The lowest BCUT2D eigenvalue weighted by Gasteiger charge is -2.13. The molecule has 1 heterocycles. The molecule has 1 aliphatic carbocycles. The third-order valence-corrected chi connectivity index (χ3v) is 4.50. The lowest BCUT2D eigenvalue weighted by atomic mass is 10.2. The molecule has 3 amide bonds. The van der Waals surface area contributed by atoms with Crippen LogP contribution in [0.15, 0.2) is 41.2 Å². The van der Waals surface area contributed by atoms with Gasteiger partial charge in [-0.05, 0) is 62.4 Å². The first-order valence-electron chi connectivity index (χ1n) is 9.04. The molecule has 27 heavy (non-hydrogen) atoms. The van der Waals surface area contributed by atoms with Gasteiger partial charge in [0.1, 0.15) is 12.2 Å². The normalized spacial score (nSPS) is 13.1. The molecular weight excluding hydrogens is 344 g/mol. The number of hydrogen-bond donors (Lipinski definition) is 3. The van der Waals surface area contributed by atoms with Gasteiger partial charge in [-0.3, -0.25) is 9.59 Å². The van der Waals surface area contributed by atoms with E-state index in [4.69, 9.17) is 0 Å². The quantitative estimate of drug-likeness (QED) is 0.732. The van der Waals surface area contributed by atoms with Crippen LogP contribution in [0.2, 0.25) is 0 Å². The molecule has 1 aromatic heterocycles. The molecule has 0 spiro atoms. The smallest absolute Gasteiger partial charge is 0.323 e. The van der Waals surface area contributed by atoms with E-state index in [1.807, 2.05) is 25.1 Å². The van der Waals surface area contributed by atoms with Crippen LogP contribution in [0.25, 0.3) is 0 Å². The van der Waals surface area contributed by atoms with Crippen LogP contribution in [-0.4, -0.2) is 23.1 Å². The highest BCUT2D eigenvalue weighted by Gasteiger charge is 2.22. The zero-order valence-electron chi connectivity index (χ0n) is 15.5. The first-order valence-corrected chi connectivity index (χ1v) is 9.04. The number of aryl methyl sites for hydroxylation is 2. The predicted octanol–water partition coefficient (Wildman–Crippen LogP) is 2.64. The van der Waals surface area contributed by atoms with Gasteiger partial charge < -0.3 is 20.5 Å². The van der Waals surface area contributed by atoms with E-state index < -0.39 is 11.6 Å². The zero-order valence-corrected chi connectivity index (χ0v) is 15.5. The summed E-state index contributed by atoms with van der Waals surface area (Å²) in [6.07, 6.45) is 2.30. The second-order valence-electron chi connectivity index (χ2n) is 6.98. The summed E-state index contributed by atoms with van der Waals surface area (Å²) in [5, 5.41) is 8.11. The third kappa shape index (κ3) is 5.20. The van der Waals surface area contributed by atoms with Crippen molar-refractivity contribution < 1.29 is 9.59 Å². The molecule has 2 aromatic rings. The number of hydrogen-bond acceptors (Lipinski definition) is 3. The van der Waals surface area contributed by atoms with Crippen molar-refractivity contribution in [3.8, 4) is 0 Å². The minimum Gasteiger partial charge on any atom is -0.354 e. The lowest BCUT2D eigenvalue weighted by molar-refractivity contribution is -0.121. The molecule has 0 unspecified atom stereocenters. The van der Waals surface area contributed by atoms with Gasteiger partial charge in [0.2, 0.25) is 5.91 Å². The predicted molar refractivity (Wildman–Crippen MR) is 105 cm³/mol. The number of amides is 3. The van der Waals surface area contributed by atoms with Gasteiger partial charge in [0, 0.05) is 17.9 Å². The number of anilines is 2. The minimum atomic E-state index is -0.508. The topological polar surface area (TPSA) is 92.2 Å². The number of carbonyl (C=O) groups excluding carboxylic acids is 2. The first-order chi connectivity index (χ1) is 12.9. The Bertz CT molecular complexity index is 916. The molecule has 7 nitrogen and oxygen atoms in total. The van der Waals surface area contributed by atoms with Crippen LogP contribution in [-0.2, 0) is 11.3 Å². The molecule has 0 bridgehead atoms. The molecule has 0 atom stereocenters. The molecule has 7 heteroatoms. The number of nitrogens with zero attached hydrogens (tertiary/aromatic N) is 1. The van der Waals surface area contributed by atoms with Gasteiger partial charge in [0.05, 0.1) is 0 Å². The maximum Gasteiger partial charge on any atom is 0.323 e. The van der Waals surface area contributed by atoms with Crippen molar-refractivity contribution in [2.45, 2.75) is 33.2 Å². The molecule has 0 aliphatic heterocycles. The van der Waals surface area contributed by atoms with E-state index in [1.54, 1.807) is 25.1 Å². The van der Waals surface area contributed by atoms with Crippen molar-refractivity contribution in [1.29, 1.82) is 0 Å². The molecule has 3 N–H and O–H groups in total. The maximum atomic E-state index is 12.7. The number of urea groups is 1. The Kier molecular flexibility index (Phi) is 5.59. The molecule has 0 radical (unpaired) electrons. The molecule has 1 saturated carbocycles. The Hall–Kier alpha value is -3.09. The number of rotatable bonds is 6. The van der Waals surface area contributed by atoms with E-state index in [2.05, 4.69) is 16.0 Å². The highest BCUT2D eigenvalue weighted by molar-refractivity contribution is 5.99. The van der Waals surface area contributed by atoms with Crippen LogP contribution in [0.5, 0.6) is 0 Å². The monoisotopic (exact) mass is 368 g/mol. The van der Waals surface area contributed by atoms with Gasteiger partial charge in [-0.2, -0.15) is 0 Å². The van der Waals surface area contributed by atoms with Crippen molar-refractivity contribution in [3.63, 3.8) is 0 Å². The van der Waals surface area contributed by atoms with Crippen LogP contribution in [0.3, 0.4) is 0 Å². The summed E-state index contributed by atoms with van der Waals surface area (Å²) in [6, 6.07) is 10.1. The number of carbonyl (C=O) groups is 2. The van der Waals surface area contributed by atoms with Crippen molar-refractivity contribution in [2.75, 3.05) is 17.2 Å². The summed E-state index contributed by atoms with van der Waals surface area (Å²) in [7, 11) is 0. The summed E-state index contributed by atoms with van der Waals surface area (Å²) in [4.78, 5) is 36.9. The van der Waals surface area contributed by atoms with Crippen molar-refractivity contribution in [1.82, 2.24) is 9.88 Å². The maximum absolute atomic E-state index is 12.7. The average Bonchev–Trinajstić information content (AvgIpc) is 3.44. The number of aromatic nitrogens is 1. The Morgan fingerprint density at radius 1 is 1.11 bits per heavy atom. The van der Waals surface area contributed by atoms with Crippen LogP contribution in [0.1, 0.15) is 24.1 Å². The Morgan fingerprint density at radius 2 is 1.89 bits per heavy atom. The van der Waals surface area contributed by atoms with Gasteiger partial charge >= 0.3 is 6.03 Å². The summed E-state index contributed by atoms with van der Waals surface area (Å²) >= 11 is 0. The van der Waals surface area contributed by atoms with Gasteiger partial charge in [-0.25, -0.2) is 4.79 Å². The molecule has 1 fully saturated rings. The molecule has 1 aromatic carbocycles. The van der Waals surface area contributed by atoms with Crippen LogP contribution in [0.4, 0.5) is 16.2 Å². The van der Waals surface area contributed by atoms with E-state index in [0.717, 1.165) is 18.4 Å². The average molecular weight is 368 g/mol. The fourth-order valence-corrected chi connectivity index (χ4v) is 2.75. The van der Waals surface area contributed by atoms with E-state index in [0.29, 0.717) is 23.8 Å². The van der Waals surface area contributed by atoms with E-state index in [-0.39, 0.29) is 18.1 Å². The molecule has 0 saturated heterocycles. The van der Waals surface area contributed by atoms with Gasteiger partial charge in [-0.1, -0.05) is 12.1 Å². The van der Waals surface area contributed by atoms with Crippen LogP contribution in [0, 0.1) is 19.8 Å². The molecule has 1 aliphatic rings. The van der Waals surface area contributed by atoms with E-state index in [9.17, 15) is 14.4 Å². The Labute approximate surface area is 157 Å². The van der Waals surface area contributed by atoms with E-state index >= 15 is 0 Å². The van der Waals surface area contributed by atoms with Crippen molar-refractivity contribution in [3.05, 3.63) is 58.0 Å². The number of nitrogens with one attached hydrogen (secondary N) is 3. The summed E-state index contributed by atoms with van der Waals surface area (Å²) < 4.78 is 1.37. The minimum absolute atomic E-state index is 0.0631. The standard InChI is InChI=1S/C20H24N4O3/c1-13-4-3-5-16(10-13)22-20(27)23-17-9-6-14(2)24(19(17)26)12-18(25)21-11-15-7-8-15/h3-6,9-10,15H,7-8,11-12H2,1-2H3,(H,21,25)(H2,22,23,27). The highest BCUT2D eigenvalue weighted by Crippen LogP contribution is 2.27. The fraction of sp³-hybridized carbons (Fsp3) is 0.350. The van der Waals surface area contributed by atoms with Gasteiger partial charge in [-0.15, -0.1) is 0 Å². The molecule has 3 rings (SSSR count). The summed E-state index contributed by atoms with van der Waals surface area (Å²) in [5.74, 6) is 0.374. The second kappa shape index (κ2) is 8.07. The summed E-state index contributed by atoms with van der Waals surface area (Å²) in [5.41, 5.74) is 2.03. The lowest BCUT2D eigenvalue weighted by Crippen LogP contribution is -2.35. The Morgan fingerprint density at radius 3 is 2.59 bits per heavy atom. The van der Waals surface area contributed by atoms with Crippen molar-refractivity contribution >= 4 is 23.3 Å². The summed E-state index contributed by atoms with van der Waals surface area (Å²) in [6.45, 7) is 4.28. The largest absolute Gasteiger partial charge is 0.354 e.